The van der Waals surface area contributed by atoms with Crippen LogP contribution in [0.2, 0.25) is 0 Å². The van der Waals surface area contributed by atoms with Gasteiger partial charge in [-0.05, 0) is 37.3 Å². The van der Waals surface area contributed by atoms with Crippen molar-refractivity contribution in [3.63, 3.8) is 0 Å². The SMILES string of the molecule is O=C(O)c1cc2c(nc1NCCCC(F)(F)F)CCC2. The van der Waals surface area contributed by atoms with Gasteiger partial charge < -0.3 is 10.4 Å². The molecule has 7 heteroatoms. The number of rotatable bonds is 5. The molecular formula is C13H15F3N2O2. The number of nitrogens with zero attached hydrogens (tertiary/aromatic N) is 1. The Balaban J connectivity index is 2.05. The van der Waals surface area contributed by atoms with Crippen molar-refractivity contribution in [2.45, 2.75) is 38.3 Å². The number of pyridine rings is 1. The first-order valence-electron chi connectivity index (χ1n) is 6.43. The number of carbonyl (C=O) groups is 1. The Morgan fingerprint density at radius 2 is 2.15 bits per heavy atom. The van der Waals surface area contributed by atoms with E-state index in [-0.39, 0.29) is 24.3 Å². The predicted octanol–water partition coefficient (Wildman–Crippen LogP) is 3.02. The van der Waals surface area contributed by atoms with E-state index in [9.17, 15) is 18.0 Å². The lowest BCUT2D eigenvalue weighted by molar-refractivity contribution is -0.134. The average molecular weight is 288 g/mol. The fourth-order valence-corrected chi connectivity index (χ4v) is 2.27. The molecule has 1 aromatic rings. The van der Waals surface area contributed by atoms with E-state index in [1.165, 1.54) is 0 Å². The third kappa shape index (κ3) is 3.61. The van der Waals surface area contributed by atoms with Gasteiger partial charge in [-0.25, -0.2) is 9.78 Å². The maximum atomic E-state index is 12.0. The Bertz CT molecular complexity index is 515. The van der Waals surface area contributed by atoms with Crippen LogP contribution in [0.25, 0.3) is 0 Å². The van der Waals surface area contributed by atoms with Crippen molar-refractivity contribution in [2.75, 3.05) is 11.9 Å². The second-order valence-corrected chi connectivity index (χ2v) is 4.79. The topological polar surface area (TPSA) is 62.2 Å². The number of aromatic carboxylic acids is 1. The zero-order chi connectivity index (χ0) is 14.8. The quantitative estimate of drug-likeness (QED) is 0.818. The summed E-state index contributed by atoms with van der Waals surface area (Å²) in [6.45, 7) is 0.0472. The molecule has 1 aliphatic rings. The highest BCUT2D eigenvalue weighted by atomic mass is 19.4. The van der Waals surface area contributed by atoms with E-state index in [1.54, 1.807) is 6.07 Å². The van der Waals surface area contributed by atoms with Gasteiger partial charge in [0.15, 0.2) is 0 Å². The summed E-state index contributed by atoms with van der Waals surface area (Å²) in [5, 5.41) is 11.8. The summed E-state index contributed by atoms with van der Waals surface area (Å²) in [6, 6.07) is 1.57. The summed E-state index contributed by atoms with van der Waals surface area (Å²) in [4.78, 5) is 15.4. The van der Waals surface area contributed by atoms with Gasteiger partial charge in [-0.1, -0.05) is 0 Å². The number of hydrogen-bond acceptors (Lipinski definition) is 3. The Hall–Kier alpha value is -1.79. The summed E-state index contributed by atoms with van der Waals surface area (Å²) >= 11 is 0. The largest absolute Gasteiger partial charge is 0.478 e. The second-order valence-electron chi connectivity index (χ2n) is 4.79. The molecule has 20 heavy (non-hydrogen) atoms. The van der Waals surface area contributed by atoms with Crippen LogP contribution in [0.4, 0.5) is 19.0 Å². The third-order valence-electron chi connectivity index (χ3n) is 3.21. The van der Waals surface area contributed by atoms with Crippen LogP contribution in [-0.2, 0) is 12.8 Å². The normalized spacial score (nSPS) is 14.2. The van der Waals surface area contributed by atoms with Gasteiger partial charge in [0, 0.05) is 18.7 Å². The number of carboxylic acid groups (broad SMARTS) is 1. The first-order chi connectivity index (χ1) is 9.37. The minimum atomic E-state index is -4.19. The number of aromatic nitrogens is 1. The van der Waals surface area contributed by atoms with Gasteiger partial charge in [0.2, 0.25) is 0 Å². The van der Waals surface area contributed by atoms with Crippen molar-refractivity contribution in [3.8, 4) is 0 Å². The lowest BCUT2D eigenvalue weighted by atomic mass is 10.1. The number of carboxylic acids is 1. The van der Waals surface area contributed by atoms with E-state index in [0.29, 0.717) is 0 Å². The van der Waals surface area contributed by atoms with Crippen molar-refractivity contribution in [2.24, 2.45) is 0 Å². The molecule has 0 aliphatic heterocycles. The van der Waals surface area contributed by atoms with Crippen LogP contribution < -0.4 is 5.32 Å². The molecule has 2 N–H and O–H groups in total. The van der Waals surface area contributed by atoms with Crippen molar-refractivity contribution in [3.05, 3.63) is 22.9 Å². The van der Waals surface area contributed by atoms with Gasteiger partial charge in [0.25, 0.3) is 0 Å². The molecule has 0 bridgehead atoms. The first kappa shape index (κ1) is 14.6. The van der Waals surface area contributed by atoms with Crippen LogP contribution in [-0.4, -0.2) is 28.8 Å². The van der Waals surface area contributed by atoms with Crippen molar-refractivity contribution < 1.29 is 23.1 Å². The molecule has 0 amide bonds. The van der Waals surface area contributed by atoms with Crippen molar-refractivity contribution in [1.29, 1.82) is 0 Å². The Kier molecular flexibility index (Phi) is 4.15. The number of halogens is 3. The number of nitrogens with one attached hydrogen (secondary N) is 1. The zero-order valence-corrected chi connectivity index (χ0v) is 10.8. The highest BCUT2D eigenvalue weighted by Crippen LogP contribution is 2.26. The van der Waals surface area contributed by atoms with Crippen LogP contribution in [0, 0.1) is 0 Å². The van der Waals surface area contributed by atoms with Crippen LogP contribution >= 0.6 is 0 Å². The van der Waals surface area contributed by atoms with Gasteiger partial charge in [-0.3, -0.25) is 0 Å². The molecule has 0 aromatic carbocycles. The third-order valence-corrected chi connectivity index (χ3v) is 3.21. The zero-order valence-electron chi connectivity index (χ0n) is 10.8. The highest BCUT2D eigenvalue weighted by Gasteiger charge is 2.26. The maximum absolute atomic E-state index is 12.0. The Morgan fingerprint density at radius 1 is 1.40 bits per heavy atom. The molecule has 0 saturated heterocycles. The predicted molar refractivity (Wildman–Crippen MR) is 67.0 cm³/mol. The van der Waals surface area contributed by atoms with Gasteiger partial charge in [0.05, 0.1) is 0 Å². The smallest absolute Gasteiger partial charge is 0.389 e. The summed E-state index contributed by atoms with van der Waals surface area (Å²) in [5.74, 6) is -0.953. The van der Waals surface area contributed by atoms with Crippen LogP contribution in [0.3, 0.4) is 0 Å². The van der Waals surface area contributed by atoms with Crippen molar-refractivity contribution in [1.82, 2.24) is 4.98 Å². The minimum Gasteiger partial charge on any atom is -0.478 e. The molecule has 1 heterocycles. The molecule has 0 saturated carbocycles. The fourth-order valence-electron chi connectivity index (χ4n) is 2.27. The van der Waals surface area contributed by atoms with Gasteiger partial charge >= 0.3 is 12.1 Å². The van der Waals surface area contributed by atoms with Crippen molar-refractivity contribution >= 4 is 11.8 Å². The first-order valence-corrected chi connectivity index (χ1v) is 6.43. The van der Waals surface area contributed by atoms with Crippen LogP contribution in [0.1, 0.15) is 40.9 Å². The molecule has 0 spiro atoms. The molecule has 0 fully saturated rings. The summed E-state index contributed by atoms with van der Waals surface area (Å²) in [7, 11) is 0. The fraction of sp³-hybridized carbons (Fsp3) is 0.538. The average Bonchev–Trinajstić information content (AvgIpc) is 2.79. The summed E-state index contributed by atoms with van der Waals surface area (Å²) in [6.07, 6.45) is -2.68. The number of fused-ring (bicyclic) bond motifs is 1. The number of aryl methyl sites for hydroxylation is 2. The highest BCUT2D eigenvalue weighted by molar-refractivity contribution is 5.93. The molecule has 110 valence electrons. The number of anilines is 1. The van der Waals surface area contributed by atoms with E-state index in [1.807, 2.05) is 0 Å². The van der Waals surface area contributed by atoms with Crippen LogP contribution in [0.5, 0.6) is 0 Å². The number of alkyl halides is 3. The summed E-state index contributed by atoms with van der Waals surface area (Å²) in [5.41, 5.74) is 1.79. The molecule has 4 nitrogen and oxygen atoms in total. The van der Waals surface area contributed by atoms with Gasteiger partial charge in [-0.15, -0.1) is 0 Å². The molecule has 0 radical (unpaired) electrons. The monoisotopic (exact) mass is 288 g/mol. The van der Waals surface area contributed by atoms with Gasteiger partial charge in [0.1, 0.15) is 11.4 Å². The lowest BCUT2D eigenvalue weighted by Gasteiger charge is -2.11. The standard InChI is InChI=1S/C13H15F3N2O2/c14-13(15,16)5-2-6-17-11-9(12(19)20)7-8-3-1-4-10(8)18-11/h7H,1-6H2,(H,17,18)(H,19,20). The Labute approximate surface area is 114 Å². The molecule has 2 rings (SSSR count). The van der Waals surface area contributed by atoms with E-state index < -0.39 is 18.6 Å². The molecular weight excluding hydrogens is 273 g/mol. The number of hydrogen-bond donors (Lipinski definition) is 2. The maximum Gasteiger partial charge on any atom is 0.389 e. The lowest BCUT2D eigenvalue weighted by Crippen LogP contribution is -2.14. The molecule has 1 aromatic heterocycles. The van der Waals surface area contributed by atoms with E-state index in [4.69, 9.17) is 5.11 Å². The molecule has 0 unspecified atom stereocenters. The van der Waals surface area contributed by atoms with Gasteiger partial charge in [-0.2, -0.15) is 13.2 Å². The summed E-state index contributed by atoms with van der Waals surface area (Å²) < 4.78 is 36.1. The van der Waals surface area contributed by atoms with E-state index >= 15 is 0 Å². The van der Waals surface area contributed by atoms with E-state index in [0.717, 1.165) is 30.5 Å². The van der Waals surface area contributed by atoms with Crippen LogP contribution in [0.15, 0.2) is 6.07 Å². The minimum absolute atomic E-state index is 0.0256. The van der Waals surface area contributed by atoms with E-state index in [2.05, 4.69) is 10.3 Å². The second kappa shape index (κ2) is 5.68. The Morgan fingerprint density at radius 3 is 2.80 bits per heavy atom. The molecule has 0 atom stereocenters. The molecule has 1 aliphatic carbocycles.